The maximum absolute atomic E-state index is 12.4. The summed E-state index contributed by atoms with van der Waals surface area (Å²) in [6.45, 7) is 1.64. The van der Waals surface area contributed by atoms with Crippen molar-refractivity contribution in [3.05, 3.63) is 77.9 Å². The third-order valence-electron chi connectivity index (χ3n) is 4.88. The predicted octanol–water partition coefficient (Wildman–Crippen LogP) is 3.40. The molecule has 0 aliphatic rings. The summed E-state index contributed by atoms with van der Waals surface area (Å²) in [6.07, 6.45) is 3.35. The van der Waals surface area contributed by atoms with Gasteiger partial charge in [0.25, 0.3) is 5.88 Å². The summed E-state index contributed by atoms with van der Waals surface area (Å²) in [6, 6.07) is 18.0. The van der Waals surface area contributed by atoms with Gasteiger partial charge in [0.2, 0.25) is 15.7 Å². The number of nitrogens with one attached hydrogen (secondary N) is 1. The van der Waals surface area contributed by atoms with Crippen LogP contribution in [0.3, 0.4) is 0 Å². The summed E-state index contributed by atoms with van der Waals surface area (Å²) < 4.78 is 33.0. The molecule has 4 aromatic rings. The zero-order valence-electron chi connectivity index (χ0n) is 18.7. The molecule has 0 aliphatic heterocycles. The number of rotatable bonds is 7. The van der Waals surface area contributed by atoms with Gasteiger partial charge in [-0.05, 0) is 24.3 Å². The molecule has 0 amide bonds. The Morgan fingerprint density at radius 3 is 2.50 bits per heavy atom. The van der Waals surface area contributed by atoms with Crippen LogP contribution in [0.4, 0.5) is 5.88 Å². The summed E-state index contributed by atoms with van der Waals surface area (Å²) in [5.41, 5.74) is 5.62. The van der Waals surface area contributed by atoms with Crippen LogP contribution in [-0.4, -0.2) is 47.8 Å². The van der Waals surface area contributed by atoms with Gasteiger partial charge in [-0.3, -0.25) is 0 Å². The molecule has 1 N–H and O–H groups in total. The van der Waals surface area contributed by atoms with Crippen molar-refractivity contribution in [1.82, 2.24) is 19.1 Å². The van der Waals surface area contributed by atoms with Crippen LogP contribution in [0.2, 0.25) is 0 Å². The Morgan fingerprint density at radius 2 is 1.85 bits per heavy atom. The van der Waals surface area contributed by atoms with Crippen molar-refractivity contribution in [3.8, 4) is 23.0 Å². The molecular weight excluding hydrogens is 454 g/mol. The number of oxazole rings is 1. The molecule has 172 valence electrons. The molecule has 0 unspecified atom stereocenters. The van der Waals surface area contributed by atoms with Crippen LogP contribution in [0.15, 0.2) is 75.2 Å². The number of hydrogen-bond acceptors (Lipinski definition) is 8. The molecule has 0 saturated heterocycles. The van der Waals surface area contributed by atoms with Crippen LogP contribution in [0.1, 0.15) is 17.1 Å². The molecule has 0 saturated carbocycles. The lowest BCUT2D eigenvalue weighted by Gasteiger charge is -2.11. The summed E-state index contributed by atoms with van der Waals surface area (Å²) in [7, 11) is -0.572. The van der Waals surface area contributed by atoms with Crippen LogP contribution in [0.25, 0.3) is 16.9 Å². The SMILES string of the molecule is Cc1nc(C#N)c(NN=Cc2cn(-c3ccccc3)nc2-c2ccc(S(=O)(=O)N(C)C)cc2)o1. The Kier molecular flexibility index (Phi) is 6.27. The van der Waals surface area contributed by atoms with E-state index in [2.05, 4.69) is 15.5 Å². The van der Waals surface area contributed by atoms with Gasteiger partial charge in [0, 0.05) is 38.3 Å². The Morgan fingerprint density at radius 1 is 1.15 bits per heavy atom. The fourth-order valence-electron chi connectivity index (χ4n) is 3.15. The molecule has 0 aliphatic carbocycles. The number of nitrogens with zero attached hydrogens (tertiary/aromatic N) is 6. The van der Waals surface area contributed by atoms with Crippen molar-refractivity contribution in [2.24, 2.45) is 5.10 Å². The fourth-order valence-corrected chi connectivity index (χ4v) is 4.06. The van der Waals surface area contributed by atoms with Gasteiger partial charge in [0.15, 0.2) is 5.89 Å². The van der Waals surface area contributed by atoms with Crippen LogP contribution < -0.4 is 5.43 Å². The first kappa shape index (κ1) is 22.9. The van der Waals surface area contributed by atoms with Gasteiger partial charge in [-0.15, -0.1) is 0 Å². The monoisotopic (exact) mass is 475 g/mol. The second-order valence-corrected chi connectivity index (χ2v) is 9.57. The van der Waals surface area contributed by atoms with E-state index in [-0.39, 0.29) is 16.5 Å². The number of benzene rings is 2. The van der Waals surface area contributed by atoms with Gasteiger partial charge in [-0.2, -0.15) is 15.5 Å². The zero-order valence-corrected chi connectivity index (χ0v) is 19.5. The molecule has 2 aromatic heterocycles. The van der Waals surface area contributed by atoms with Crippen molar-refractivity contribution in [3.63, 3.8) is 0 Å². The van der Waals surface area contributed by atoms with Crippen LogP contribution in [-0.2, 0) is 10.0 Å². The first-order valence-corrected chi connectivity index (χ1v) is 11.6. The number of aryl methyl sites for hydroxylation is 1. The molecule has 0 fully saturated rings. The number of para-hydroxylation sites is 1. The Hall–Kier alpha value is -4.27. The first-order chi connectivity index (χ1) is 16.3. The second kappa shape index (κ2) is 9.30. The Bertz CT molecular complexity index is 1480. The van der Waals surface area contributed by atoms with E-state index in [1.807, 2.05) is 36.4 Å². The number of hydrazone groups is 1. The largest absolute Gasteiger partial charge is 0.422 e. The van der Waals surface area contributed by atoms with Crippen LogP contribution in [0, 0.1) is 18.3 Å². The first-order valence-electron chi connectivity index (χ1n) is 10.1. The van der Waals surface area contributed by atoms with Gasteiger partial charge in [0.05, 0.1) is 16.8 Å². The minimum Gasteiger partial charge on any atom is -0.422 e. The van der Waals surface area contributed by atoms with Crippen LogP contribution >= 0.6 is 0 Å². The maximum Gasteiger partial charge on any atom is 0.252 e. The van der Waals surface area contributed by atoms with Gasteiger partial charge in [0.1, 0.15) is 11.8 Å². The lowest BCUT2D eigenvalue weighted by molar-refractivity contribution is 0.520. The molecule has 4 rings (SSSR count). The van der Waals surface area contributed by atoms with Crippen LogP contribution in [0.5, 0.6) is 0 Å². The van der Waals surface area contributed by atoms with Crippen molar-refractivity contribution < 1.29 is 12.8 Å². The molecule has 0 radical (unpaired) electrons. The van der Waals surface area contributed by atoms with Crippen molar-refractivity contribution in [1.29, 1.82) is 5.26 Å². The highest BCUT2D eigenvalue weighted by Crippen LogP contribution is 2.25. The average Bonchev–Trinajstić information content (AvgIpc) is 3.43. The lowest BCUT2D eigenvalue weighted by atomic mass is 10.1. The van der Waals surface area contributed by atoms with E-state index in [0.29, 0.717) is 22.7 Å². The molecular formula is C23H21N7O3S. The molecule has 0 atom stereocenters. The normalized spacial score (nSPS) is 11.7. The molecule has 11 heteroatoms. The van der Waals surface area contributed by atoms with Crippen molar-refractivity contribution in [2.75, 3.05) is 19.5 Å². The quantitative estimate of drug-likeness (QED) is 0.320. The number of sulfonamides is 1. The number of anilines is 1. The Balaban J connectivity index is 1.71. The summed E-state index contributed by atoms with van der Waals surface area (Å²) in [4.78, 5) is 4.16. The molecule has 34 heavy (non-hydrogen) atoms. The highest BCUT2D eigenvalue weighted by atomic mass is 32.2. The van der Waals surface area contributed by atoms with E-state index < -0.39 is 10.0 Å². The van der Waals surface area contributed by atoms with Gasteiger partial charge in [-0.1, -0.05) is 30.3 Å². The minimum atomic E-state index is -3.54. The molecule has 2 heterocycles. The van der Waals surface area contributed by atoms with E-state index in [1.165, 1.54) is 14.1 Å². The van der Waals surface area contributed by atoms with E-state index in [4.69, 9.17) is 14.8 Å². The molecule has 0 bridgehead atoms. The van der Waals surface area contributed by atoms with E-state index >= 15 is 0 Å². The van der Waals surface area contributed by atoms with Gasteiger partial charge < -0.3 is 4.42 Å². The smallest absolute Gasteiger partial charge is 0.252 e. The number of aromatic nitrogens is 3. The molecule has 10 nitrogen and oxygen atoms in total. The van der Waals surface area contributed by atoms with E-state index in [0.717, 1.165) is 9.99 Å². The van der Waals surface area contributed by atoms with E-state index in [1.54, 1.807) is 48.3 Å². The Labute approximate surface area is 196 Å². The highest BCUT2D eigenvalue weighted by Gasteiger charge is 2.18. The standard InChI is InChI=1S/C23H21N7O3S/c1-16-26-21(13-24)23(33-16)27-25-14-18-15-30(19-7-5-4-6-8-19)28-22(18)17-9-11-20(12-10-17)34(31,32)29(2)3/h4-12,14-15,27H,1-3H3. The van der Waals surface area contributed by atoms with Gasteiger partial charge >= 0.3 is 0 Å². The number of hydrogen-bond donors (Lipinski definition) is 1. The second-order valence-electron chi connectivity index (χ2n) is 7.42. The molecule has 0 spiro atoms. The lowest BCUT2D eigenvalue weighted by Crippen LogP contribution is -2.22. The highest BCUT2D eigenvalue weighted by molar-refractivity contribution is 7.89. The number of nitriles is 1. The third-order valence-corrected chi connectivity index (χ3v) is 6.71. The topological polar surface area (TPSA) is 129 Å². The maximum atomic E-state index is 12.4. The van der Waals surface area contributed by atoms with Crippen molar-refractivity contribution in [2.45, 2.75) is 11.8 Å². The average molecular weight is 476 g/mol. The zero-order chi connectivity index (χ0) is 24.3. The summed E-state index contributed by atoms with van der Waals surface area (Å²) in [5, 5.41) is 18.0. The van der Waals surface area contributed by atoms with E-state index in [9.17, 15) is 8.42 Å². The van der Waals surface area contributed by atoms with Gasteiger partial charge in [-0.25, -0.2) is 27.8 Å². The third kappa shape index (κ3) is 4.59. The minimum absolute atomic E-state index is 0.104. The molecule has 2 aromatic carbocycles. The van der Waals surface area contributed by atoms with Crippen molar-refractivity contribution >= 4 is 22.1 Å². The predicted molar refractivity (Wildman–Crippen MR) is 127 cm³/mol. The summed E-state index contributed by atoms with van der Waals surface area (Å²) in [5.74, 6) is 0.492. The fraction of sp³-hybridized carbons (Fsp3) is 0.130. The summed E-state index contributed by atoms with van der Waals surface area (Å²) >= 11 is 0.